The van der Waals surface area contributed by atoms with E-state index in [1.165, 1.54) is 0 Å². The Morgan fingerprint density at radius 1 is 0.684 bits per heavy atom. The van der Waals surface area contributed by atoms with Crippen molar-refractivity contribution in [2.24, 2.45) is 0 Å². The zero-order chi connectivity index (χ0) is 13.1. The molecule has 4 heteroatoms. The van der Waals surface area contributed by atoms with Gasteiger partial charge >= 0.3 is 0 Å². The Balaban J connectivity index is 2.21. The summed E-state index contributed by atoms with van der Waals surface area (Å²) in [5.41, 5.74) is 3.19. The standard InChI is InChI=1S/C15H10ClN3/c16-12-6-4-10-18-14(12)11-5-3-9-19-15(11)13-7-1-2-8-17-13/h1-10H. The number of halogens is 1. The fourth-order valence-electron chi connectivity index (χ4n) is 1.89. The smallest absolute Gasteiger partial charge is 0.0980 e. The van der Waals surface area contributed by atoms with Gasteiger partial charge in [-0.3, -0.25) is 15.0 Å². The van der Waals surface area contributed by atoms with E-state index in [0.29, 0.717) is 5.02 Å². The Labute approximate surface area is 116 Å². The summed E-state index contributed by atoms with van der Waals surface area (Å²) in [7, 11) is 0. The van der Waals surface area contributed by atoms with Crippen LogP contribution in [0.3, 0.4) is 0 Å². The predicted octanol–water partition coefficient (Wildman–Crippen LogP) is 3.86. The Kier molecular flexibility index (Phi) is 3.21. The van der Waals surface area contributed by atoms with Crippen LogP contribution in [0.1, 0.15) is 0 Å². The molecule has 3 aromatic heterocycles. The third kappa shape index (κ3) is 2.33. The third-order valence-electron chi connectivity index (χ3n) is 2.73. The number of hydrogen-bond donors (Lipinski definition) is 0. The first kappa shape index (κ1) is 11.8. The Morgan fingerprint density at radius 2 is 1.42 bits per heavy atom. The van der Waals surface area contributed by atoms with E-state index in [1.807, 2.05) is 42.5 Å². The number of pyridine rings is 3. The molecular weight excluding hydrogens is 258 g/mol. The molecule has 0 unspecified atom stereocenters. The molecule has 0 aliphatic carbocycles. The maximum Gasteiger partial charge on any atom is 0.0980 e. The van der Waals surface area contributed by atoms with Crippen molar-refractivity contribution in [1.82, 2.24) is 15.0 Å². The summed E-state index contributed by atoms with van der Waals surface area (Å²) < 4.78 is 0. The van der Waals surface area contributed by atoms with Gasteiger partial charge in [-0.1, -0.05) is 17.7 Å². The van der Waals surface area contributed by atoms with E-state index in [-0.39, 0.29) is 0 Å². The zero-order valence-corrected chi connectivity index (χ0v) is 10.7. The minimum absolute atomic E-state index is 0.604. The molecule has 19 heavy (non-hydrogen) atoms. The highest BCUT2D eigenvalue weighted by Crippen LogP contribution is 2.31. The highest BCUT2D eigenvalue weighted by Gasteiger charge is 2.12. The zero-order valence-electron chi connectivity index (χ0n) is 9.99. The van der Waals surface area contributed by atoms with Gasteiger partial charge in [-0.2, -0.15) is 0 Å². The molecule has 0 fully saturated rings. The van der Waals surface area contributed by atoms with Crippen molar-refractivity contribution in [1.29, 1.82) is 0 Å². The molecule has 0 amide bonds. The van der Waals surface area contributed by atoms with Crippen molar-refractivity contribution in [3.8, 4) is 22.6 Å². The molecule has 0 aliphatic heterocycles. The number of aromatic nitrogens is 3. The summed E-state index contributed by atoms with van der Waals surface area (Å²) in [6.45, 7) is 0. The lowest BCUT2D eigenvalue weighted by atomic mass is 10.1. The second kappa shape index (κ2) is 5.16. The first-order valence-electron chi connectivity index (χ1n) is 5.83. The summed E-state index contributed by atoms with van der Waals surface area (Å²) in [5, 5.41) is 0.604. The van der Waals surface area contributed by atoms with Crippen LogP contribution >= 0.6 is 11.6 Å². The van der Waals surface area contributed by atoms with Crippen LogP contribution in [0.25, 0.3) is 22.6 Å². The molecule has 0 bridgehead atoms. The number of hydrogen-bond acceptors (Lipinski definition) is 3. The highest BCUT2D eigenvalue weighted by atomic mass is 35.5. The average molecular weight is 268 g/mol. The fourth-order valence-corrected chi connectivity index (χ4v) is 2.11. The van der Waals surface area contributed by atoms with Crippen LogP contribution in [0.4, 0.5) is 0 Å². The van der Waals surface area contributed by atoms with Gasteiger partial charge < -0.3 is 0 Å². The average Bonchev–Trinajstić information content (AvgIpc) is 2.49. The Morgan fingerprint density at radius 3 is 2.16 bits per heavy atom. The summed E-state index contributed by atoms with van der Waals surface area (Å²) >= 11 is 6.21. The van der Waals surface area contributed by atoms with E-state index in [9.17, 15) is 0 Å². The van der Waals surface area contributed by atoms with Crippen LogP contribution in [0.5, 0.6) is 0 Å². The minimum Gasteiger partial charge on any atom is -0.255 e. The van der Waals surface area contributed by atoms with Gasteiger partial charge in [0.2, 0.25) is 0 Å². The van der Waals surface area contributed by atoms with Gasteiger partial charge in [0.15, 0.2) is 0 Å². The predicted molar refractivity (Wildman–Crippen MR) is 75.7 cm³/mol. The van der Waals surface area contributed by atoms with E-state index in [2.05, 4.69) is 15.0 Å². The lowest BCUT2D eigenvalue weighted by Crippen LogP contribution is -1.93. The largest absolute Gasteiger partial charge is 0.255 e. The second-order valence-corrected chi connectivity index (χ2v) is 4.36. The highest BCUT2D eigenvalue weighted by molar-refractivity contribution is 6.33. The Hall–Kier alpha value is -2.26. The summed E-state index contributed by atoms with van der Waals surface area (Å²) in [6.07, 6.45) is 5.20. The first-order valence-corrected chi connectivity index (χ1v) is 6.21. The summed E-state index contributed by atoms with van der Waals surface area (Å²) in [6, 6.07) is 13.2. The van der Waals surface area contributed by atoms with Crippen molar-refractivity contribution in [3.05, 3.63) is 66.1 Å². The monoisotopic (exact) mass is 267 g/mol. The van der Waals surface area contributed by atoms with Crippen molar-refractivity contribution >= 4 is 11.6 Å². The minimum atomic E-state index is 0.604. The molecule has 0 aromatic carbocycles. The van der Waals surface area contributed by atoms with E-state index in [1.54, 1.807) is 18.6 Å². The van der Waals surface area contributed by atoms with E-state index >= 15 is 0 Å². The van der Waals surface area contributed by atoms with Crippen molar-refractivity contribution < 1.29 is 0 Å². The van der Waals surface area contributed by atoms with Crippen molar-refractivity contribution in [3.63, 3.8) is 0 Å². The second-order valence-electron chi connectivity index (χ2n) is 3.95. The lowest BCUT2D eigenvalue weighted by molar-refractivity contribution is 1.23. The van der Waals surface area contributed by atoms with Crippen LogP contribution in [0, 0.1) is 0 Å². The summed E-state index contributed by atoms with van der Waals surface area (Å²) in [4.78, 5) is 13.1. The molecule has 3 nitrogen and oxygen atoms in total. The van der Waals surface area contributed by atoms with Crippen LogP contribution < -0.4 is 0 Å². The van der Waals surface area contributed by atoms with Crippen molar-refractivity contribution in [2.45, 2.75) is 0 Å². The molecule has 0 saturated carbocycles. The summed E-state index contributed by atoms with van der Waals surface area (Å²) in [5.74, 6) is 0. The fraction of sp³-hybridized carbons (Fsp3) is 0. The van der Waals surface area contributed by atoms with Crippen LogP contribution in [-0.2, 0) is 0 Å². The molecule has 0 atom stereocenters. The van der Waals surface area contributed by atoms with E-state index in [0.717, 1.165) is 22.6 Å². The lowest BCUT2D eigenvalue weighted by Gasteiger charge is -2.08. The molecule has 0 saturated heterocycles. The van der Waals surface area contributed by atoms with Gasteiger partial charge in [0, 0.05) is 24.2 Å². The number of nitrogens with zero attached hydrogens (tertiary/aromatic N) is 3. The van der Waals surface area contributed by atoms with Crippen molar-refractivity contribution in [2.75, 3.05) is 0 Å². The van der Waals surface area contributed by atoms with Gasteiger partial charge in [-0.25, -0.2) is 0 Å². The molecule has 3 heterocycles. The van der Waals surface area contributed by atoms with E-state index < -0.39 is 0 Å². The van der Waals surface area contributed by atoms with Crippen LogP contribution in [-0.4, -0.2) is 15.0 Å². The van der Waals surface area contributed by atoms with Gasteiger partial charge in [0.1, 0.15) is 0 Å². The quantitative estimate of drug-likeness (QED) is 0.708. The first-order chi connectivity index (χ1) is 9.36. The maximum absolute atomic E-state index is 6.21. The topological polar surface area (TPSA) is 38.7 Å². The normalized spacial score (nSPS) is 10.4. The van der Waals surface area contributed by atoms with Gasteiger partial charge in [-0.15, -0.1) is 0 Å². The van der Waals surface area contributed by atoms with Gasteiger partial charge in [0.05, 0.1) is 22.1 Å². The molecule has 0 N–H and O–H groups in total. The molecule has 3 aromatic rings. The molecular formula is C15H10ClN3. The van der Waals surface area contributed by atoms with Gasteiger partial charge in [0.25, 0.3) is 0 Å². The molecule has 3 rings (SSSR count). The molecule has 0 spiro atoms. The molecule has 0 aliphatic rings. The van der Waals surface area contributed by atoms with Gasteiger partial charge in [-0.05, 0) is 36.4 Å². The molecule has 0 radical (unpaired) electrons. The third-order valence-corrected chi connectivity index (χ3v) is 3.03. The SMILES string of the molecule is Clc1cccnc1-c1cccnc1-c1ccccn1. The van der Waals surface area contributed by atoms with Crippen LogP contribution in [0.15, 0.2) is 61.1 Å². The van der Waals surface area contributed by atoms with Crippen LogP contribution in [0.2, 0.25) is 5.02 Å². The Bertz CT molecular complexity index is 699. The molecule has 92 valence electrons. The van der Waals surface area contributed by atoms with E-state index in [4.69, 9.17) is 11.6 Å². The maximum atomic E-state index is 6.21. The number of rotatable bonds is 2.